The maximum Gasteiger partial charge on any atom is 0.238 e. The van der Waals surface area contributed by atoms with Gasteiger partial charge in [0.05, 0.1) is 19.0 Å². The molecule has 0 saturated carbocycles. The van der Waals surface area contributed by atoms with Gasteiger partial charge < -0.3 is 9.26 Å². The normalized spacial score (nSPS) is 17.2. The van der Waals surface area contributed by atoms with Gasteiger partial charge in [0.1, 0.15) is 21.1 Å². The van der Waals surface area contributed by atoms with Gasteiger partial charge in [-0.05, 0) is 18.6 Å². The summed E-state index contributed by atoms with van der Waals surface area (Å²) in [7, 11) is -3.23. The predicted molar refractivity (Wildman–Crippen MR) is 76.6 cm³/mol. The Kier molecular flexibility index (Phi) is 3.53. The Morgan fingerprint density at radius 2 is 2.09 bits per heavy atom. The average molecular weight is 326 g/mol. The van der Waals surface area contributed by atoms with E-state index < -0.39 is 15.3 Å². The Labute approximate surface area is 127 Å². The Morgan fingerprint density at radius 1 is 1.36 bits per heavy atom. The van der Waals surface area contributed by atoms with Gasteiger partial charge in [0, 0.05) is 11.8 Å². The summed E-state index contributed by atoms with van der Waals surface area (Å²) >= 11 is 0. The molecule has 0 spiro atoms. The molecule has 2 heterocycles. The zero-order valence-corrected chi connectivity index (χ0v) is 13.0. The van der Waals surface area contributed by atoms with Crippen LogP contribution >= 0.6 is 0 Å². The number of hydrogen-bond donors (Lipinski definition) is 0. The molecule has 1 saturated heterocycles. The van der Waals surface area contributed by atoms with Crippen molar-refractivity contribution in [1.82, 2.24) is 10.1 Å². The third-order valence-corrected chi connectivity index (χ3v) is 4.68. The number of aromatic nitrogens is 2. The van der Waals surface area contributed by atoms with Crippen LogP contribution < -0.4 is 0 Å². The predicted octanol–water partition coefficient (Wildman–Crippen LogP) is 1.50. The van der Waals surface area contributed by atoms with Crippen LogP contribution in [0.25, 0.3) is 11.4 Å². The molecule has 0 unspecified atom stereocenters. The first-order chi connectivity index (χ1) is 10.3. The van der Waals surface area contributed by atoms with Gasteiger partial charge in [-0.25, -0.2) is 12.8 Å². The molecule has 0 atom stereocenters. The molecule has 1 aromatic heterocycles. The van der Waals surface area contributed by atoms with Crippen molar-refractivity contribution in [3.05, 3.63) is 35.5 Å². The largest absolute Gasteiger partial charge is 0.379 e. The van der Waals surface area contributed by atoms with E-state index in [1.165, 1.54) is 6.07 Å². The minimum Gasteiger partial charge on any atom is -0.379 e. The Hall–Kier alpha value is -1.80. The maximum atomic E-state index is 13.6. The highest BCUT2D eigenvalue weighted by atomic mass is 32.2. The third kappa shape index (κ3) is 2.76. The molecule has 1 aliphatic heterocycles. The van der Waals surface area contributed by atoms with Crippen molar-refractivity contribution in [2.45, 2.75) is 12.3 Å². The summed E-state index contributed by atoms with van der Waals surface area (Å²) in [6.45, 7) is 2.08. The zero-order valence-electron chi connectivity index (χ0n) is 12.2. The fourth-order valence-corrected chi connectivity index (χ4v) is 3.70. The van der Waals surface area contributed by atoms with E-state index in [4.69, 9.17) is 9.26 Å². The molecule has 8 heteroatoms. The van der Waals surface area contributed by atoms with Crippen LogP contribution in [0.1, 0.15) is 11.5 Å². The number of aryl methyl sites for hydroxylation is 1. The van der Waals surface area contributed by atoms with Crippen molar-refractivity contribution >= 4 is 9.84 Å². The van der Waals surface area contributed by atoms with Crippen molar-refractivity contribution in [3.8, 4) is 11.4 Å². The molecular formula is C14H15FN2O4S. The first-order valence-corrected chi connectivity index (χ1v) is 8.71. The molecule has 22 heavy (non-hydrogen) atoms. The molecule has 118 valence electrons. The van der Waals surface area contributed by atoms with E-state index in [2.05, 4.69) is 10.1 Å². The summed E-state index contributed by atoms with van der Waals surface area (Å²) in [6.07, 6.45) is 1.15. The highest BCUT2D eigenvalue weighted by molar-refractivity contribution is 7.90. The summed E-state index contributed by atoms with van der Waals surface area (Å²) in [6, 6.07) is 4.64. The SMILES string of the molecule is Cc1ccc(-c2noc(C3(CS(C)(=O)=O)COC3)n2)cc1F. The summed E-state index contributed by atoms with van der Waals surface area (Å²) in [5.41, 5.74) is 0.198. The van der Waals surface area contributed by atoms with Gasteiger partial charge in [-0.15, -0.1) is 0 Å². The van der Waals surface area contributed by atoms with Crippen molar-refractivity contribution in [1.29, 1.82) is 0 Å². The summed E-state index contributed by atoms with van der Waals surface area (Å²) < 4.78 is 47.1. The molecule has 1 aliphatic rings. The van der Waals surface area contributed by atoms with Crippen molar-refractivity contribution < 1.29 is 22.1 Å². The van der Waals surface area contributed by atoms with Crippen LogP contribution in [0.4, 0.5) is 4.39 Å². The molecule has 0 bridgehead atoms. The van der Waals surface area contributed by atoms with E-state index in [-0.39, 0.29) is 36.5 Å². The molecule has 3 rings (SSSR count). The highest BCUT2D eigenvalue weighted by Gasteiger charge is 2.48. The van der Waals surface area contributed by atoms with Gasteiger partial charge >= 0.3 is 0 Å². The molecule has 1 aromatic carbocycles. The number of ether oxygens (including phenoxy) is 1. The lowest BCUT2D eigenvalue weighted by atomic mass is 9.88. The maximum absolute atomic E-state index is 13.6. The number of hydrogen-bond acceptors (Lipinski definition) is 6. The van der Waals surface area contributed by atoms with Gasteiger partial charge in [-0.3, -0.25) is 0 Å². The lowest BCUT2D eigenvalue weighted by molar-refractivity contribution is -0.0624. The van der Waals surface area contributed by atoms with E-state index in [1.54, 1.807) is 19.1 Å². The van der Waals surface area contributed by atoms with Crippen LogP contribution in [-0.2, 0) is 20.0 Å². The monoisotopic (exact) mass is 326 g/mol. The standard InChI is InChI=1S/C14H15FN2O4S/c1-9-3-4-10(5-11(9)15)12-16-13(21-17-12)14(6-20-7-14)8-22(2,18)19/h3-5H,6-8H2,1-2H3. The Bertz CT molecular complexity index is 812. The van der Waals surface area contributed by atoms with E-state index in [0.717, 1.165) is 6.26 Å². The van der Waals surface area contributed by atoms with Gasteiger partial charge in [-0.1, -0.05) is 17.3 Å². The van der Waals surface area contributed by atoms with Crippen molar-refractivity contribution in [3.63, 3.8) is 0 Å². The molecule has 6 nitrogen and oxygen atoms in total. The third-order valence-electron chi connectivity index (χ3n) is 3.60. The summed E-state index contributed by atoms with van der Waals surface area (Å²) in [5.74, 6) is -0.0420. The molecule has 0 radical (unpaired) electrons. The smallest absolute Gasteiger partial charge is 0.238 e. The zero-order chi connectivity index (χ0) is 16.0. The first-order valence-electron chi connectivity index (χ1n) is 6.65. The molecule has 2 aromatic rings. The summed E-state index contributed by atoms with van der Waals surface area (Å²) in [5, 5.41) is 3.83. The topological polar surface area (TPSA) is 82.3 Å². The van der Waals surface area contributed by atoms with Crippen molar-refractivity contribution in [2.75, 3.05) is 25.2 Å². The average Bonchev–Trinajstić information content (AvgIpc) is 2.86. The van der Waals surface area contributed by atoms with Crippen LogP contribution in [0.2, 0.25) is 0 Å². The van der Waals surface area contributed by atoms with E-state index in [0.29, 0.717) is 11.1 Å². The van der Waals surface area contributed by atoms with Crippen LogP contribution in [0.5, 0.6) is 0 Å². The second-order valence-electron chi connectivity index (χ2n) is 5.73. The Morgan fingerprint density at radius 3 is 2.64 bits per heavy atom. The molecule has 0 N–H and O–H groups in total. The quantitative estimate of drug-likeness (QED) is 0.847. The van der Waals surface area contributed by atoms with Crippen LogP contribution in [0.3, 0.4) is 0 Å². The van der Waals surface area contributed by atoms with Crippen LogP contribution in [0.15, 0.2) is 22.7 Å². The number of sulfone groups is 1. The van der Waals surface area contributed by atoms with E-state index in [1.807, 2.05) is 0 Å². The first kappa shape index (κ1) is 15.1. The van der Waals surface area contributed by atoms with Gasteiger partial charge in [0.2, 0.25) is 11.7 Å². The van der Waals surface area contributed by atoms with Gasteiger partial charge in [-0.2, -0.15) is 4.98 Å². The molecule has 1 fully saturated rings. The number of nitrogens with zero attached hydrogens (tertiary/aromatic N) is 2. The van der Waals surface area contributed by atoms with Crippen LogP contribution in [-0.4, -0.2) is 43.8 Å². The van der Waals surface area contributed by atoms with Gasteiger partial charge in [0.25, 0.3) is 0 Å². The highest BCUT2D eigenvalue weighted by Crippen LogP contribution is 2.34. The van der Waals surface area contributed by atoms with Crippen LogP contribution in [0, 0.1) is 12.7 Å². The van der Waals surface area contributed by atoms with Gasteiger partial charge in [0.15, 0.2) is 0 Å². The molecule has 0 amide bonds. The second-order valence-corrected chi connectivity index (χ2v) is 7.87. The molecule has 0 aliphatic carbocycles. The second kappa shape index (κ2) is 5.13. The van der Waals surface area contributed by atoms with E-state index >= 15 is 0 Å². The van der Waals surface area contributed by atoms with E-state index in [9.17, 15) is 12.8 Å². The molecular weight excluding hydrogens is 311 g/mol. The summed E-state index contributed by atoms with van der Waals surface area (Å²) in [4.78, 5) is 4.24. The minimum atomic E-state index is -3.23. The minimum absolute atomic E-state index is 0.121. The number of benzene rings is 1. The number of halogens is 1. The Balaban J connectivity index is 1.94. The fraction of sp³-hybridized carbons (Fsp3) is 0.429. The lowest BCUT2D eigenvalue weighted by Gasteiger charge is -2.37. The number of rotatable bonds is 4. The van der Waals surface area contributed by atoms with Crippen molar-refractivity contribution in [2.24, 2.45) is 0 Å². The fourth-order valence-electron chi connectivity index (χ4n) is 2.41. The lowest BCUT2D eigenvalue weighted by Crippen LogP contribution is -2.51.